The molecule has 270 valence electrons. The Labute approximate surface area is 334 Å². The van der Waals surface area contributed by atoms with Gasteiger partial charge in [0.15, 0.2) is 17.5 Å². The van der Waals surface area contributed by atoms with Crippen molar-refractivity contribution in [2.24, 2.45) is 0 Å². The minimum absolute atomic E-state index is 0.621. The van der Waals surface area contributed by atoms with Gasteiger partial charge in [0.1, 0.15) is 0 Å². The van der Waals surface area contributed by atoms with Crippen molar-refractivity contribution in [2.75, 3.05) is 0 Å². The van der Waals surface area contributed by atoms with Gasteiger partial charge in [-0.2, -0.15) is 5.26 Å². The predicted molar refractivity (Wildman–Crippen MR) is 235 cm³/mol. The average Bonchev–Trinajstić information content (AvgIpc) is 3.81. The molecule has 8 aromatic carbocycles. The lowest BCUT2D eigenvalue weighted by molar-refractivity contribution is 1.07. The van der Waals surface area contributed by atoms with E-state index in [2.05, 4.69) is 124 Å². The molecule has 0 aliphatic rings. The van der Waals surface area contributed by atoms with E-state index >= 15 is 0 Å². The monoisotopic (exact) mass is 740 g/mol. The highest BCUT2D eigenvalue weighted by Crippen LogP contribution is 2.38. The molecule has 6 nitrogen and oxygen atoms in total. The highest BCUT2D eigenvalue weighted by atomic mass is 15.0. The summed E-state index contributed by atoms with van der Waals surface area (Å²) >= 11 is 0. The third-order valence-corrected chi connectivity index (χ3v) is 11.0. The molecule has 11 rings (SSSR count). The van der Waals surface area contributed by atoms with Gasteiger partial charge in [0.05, 0.1) is 33.7 Å². The summed E-state index contributed by atoms with van der Waals surface area (Å²) in [6.07, 6.45) is 0. The highest BCUT2D eigenvalue weighted by molar-refractivity contribution is 6.12. The molecule has 6 heteroatoms. The summed E-state index contributed by atoms with van der Waals surface area (Å²) in [7, 11) is 0. The molecule has 0 fully saturated rings. The van der Waals surface area contributed by atoms with Gasteiger partial charge in [-0.1, -0.05) is 133 Å². The van der Waals surface area contributed by atoms with E-state index in [1.165, 1.54) is 21.5 Å². The van der Waals surface area contributed by atoms with Crippen LogP contribution in [0.1, 0.15) is 5.56 Å². The summed E-state index contributed by atoms with van der Waals surface area (Å²) in [4.78, 5) is 14.9. The normalized spacial score (nSPS) is 11.4. The zero-order valence-electron chi connectivity index (χ0n) is 31.2. The van der Waals surface area contributed by atoms with E-state index in [1.807, 2.05) is 84.9 Å². The predicted octanol–water partition coefficient (Wildman–Crippen LogP) is 12.6. The molecule has 0 N–H and O–H groups in total. The van der Waals surface area contributed by atoms with E-state index in [4.69, 9.17) is 15.0 Å². The molecule has 0 saturated heterocycles. The smallest absolute Gasteiger partial charge is 0.164 e. The van der Waals surface area contributed by atoms with Crippen LogP contribution in [0.4, 0.5) is 0 Å². The third kappa shape index (κ3) is 5.53. The molecule has 3 heterocycles. The van der Waals surface area contributed by atoms with E-state index in [9.17, 15) is 5.26 Å². The SMILES string of the molecule is N#Cc1ccc(-n2c3ccccc3c3ccc(-n4c5ccccc5c5ccc(-c6cccc(-c7nc(-c8ccccc8)nc(-c8ccccc8)n7)c6)cc54)cc32)cc1. The van der Waals surface area contributed by atoms with Gasteiger partial charge in [-0.3, -0.25) is 0 Å². The van der Waals surface area contributed by atoms with Crippen molar-refractivity contribution < 1.29 is 0 Å². The lowest BCUT2D eigenvalue weighted by Crippen LogP contribution is -2.00. The van der Waals surface area contributed by atoms with Crippen molar-refractivity contribution in [1.29, 1.82) is 5.26 Å². The van der Waals surface area contributed by atoms with Crippen LogP contribution in [0.15, 0.2) is 194 Å². The van der Waals surface area contributed by atoms with Crippen LogP contribution < -0.4 is 0 Å². The van der Waals surface area contributed by atoms with Crippen LogP contribution in [0, 0.1) is 11.3 Å². The van der Waals surface area contributed by atoms with Crippen molar-refractivity contribution in [3.8, 4) is 62.7 Å². The Morgan fingerprint density at radius 3 is 1.40 bits per heavy atom. The molecule has 0 spiro atoms. The second-order valence-corrected chi connectivity index (χ2v) is 14.4. The standard InChI is InChI=1S/C52H32N6/c53-33-34-22-25-40(26-23-34)57-46-20-9-7-19-43(46)45-29-27-41(32-49(45)57)58-47-21-10-8-18-42(47)44-28-24-38(31-48(44)58)37-16-11-17-39(30-37)52-55-50(35-12-3-1-4-13-35)54-51(56-52)36-14-5-2-6-15-36/h1-32H. The van der Waals surface area contributed by atoms with Crippen LogP contribution in [-0.2, 0) is 0 Å². The summed E-state index contributed by atoms with van der Waals surface area (Å²) in [6, 6.07) is 69.3. The first-order valence-corrected chi connectivity index (χ1v) is 19.3. The maximum Gasteiger partial charge on any atom is 0.164 e. The van der Waals surface area contributed by atoms with E-state index < -0.39 is 0 Å². The topological polar surface area (TPSA) is 72.3 Å². The molecule has 58 heavy (non-hydrogen) atoms. The molecule has 0 saturated carbocycles. The molecule has 3 aromatic heterocycles. The molecular weight excluding hydrogens is 709 g/mol. The lowest BCUT2D eigenvalue weighted by atomic mass is 10.0. The van der Waals surface area contributed by atoms with Crippen LogP contribution in [0.2, 0.25) is 0 Å². The first-order valence-electron chi connectivity index (χ1n) is 19.3. The maximum absolute atomic E-state index is 9.51. The first-order chi connectivity index (χ1) is 28.7. The lowest BCUT2D eigenvalue weighted by Gasteiger charge is -2.12. The summed E-state index contributed by atoms with van der Waals surface area (Å²) in [5.74, 6) is 1.89. The van der Waals surface area contributed by atoms with E-state index in [0.717, 1.165) is 61.3 Å². The van der Waals surface area contributed by atoms with Crippen LogP contribution in [0.5, 0.6) is 0 Å². The Kier molecular flexibility index (Phi) is 7.76. The second kappa shape index (κ2) is 13.6. The second-order valence-electron chi connectivity index (χ2n) is 14.4. The van der Waals surface area contributed by atoms with Crippen LogP contribution in [0.3, 0.4) is 0 Å². The summed E-state index contributed by atoms with van der Waals surface area (Å²) in [5, 5.41) is 14.2. The quantitative estimate of drug-likeness (QED) is 0.170. The molecular formula is C52H32N6. The van der Waals surface area contributed by atoms with Gasteiger partial charge in [-0.15, -0.1) is 0 Å². The number of hydrogen-bond donors (Lipinski definition) is 0. The molecule has 11 aromatic rings. The third-order valence-electron chi connectivity index (χ3n) is 11.0. The number of rotatable bonds is 6. The molecule has 0 amide bonds. The Morgan fingerprint density at radius 1 is 0.328 bits per heavy atom. The van der Waals surface area contributed by atoms with E-state index in [1.54, 1.807) is 0 Å². The van der Waals surface area contributed by atoms with E-state index in [0.29, 0.717) is 23.0 Å². The average molecular weight is 741 g/mol. The van der Waals surface area contributed by atoms with Crippen LogP contribution in [-0.4, -0.2) is 24.1 Å². The van der Waals surface area contributed by atoms with Gasteiger partial charge < -0.3 is 9.13 Å². The van der Waals surface area contributed by atoms with Crippen molar-refractivity contribution in [3.63, 3.8) is 0 Å². The number of para-hydroxylation sites is 2. The van der Waals surface area contributed by atoms with Crippen LogP contribution in [0.25, 0.3) is 100 Å². The molecule has 0 unspecified atom stereocenters. The van der Waals surface area contributed by atoms with Gasteiger partial charge in [-0.05, 0) is 71.8 Å². The minimum Gasteiger partial charge on any atom is -0.309 e. The number of nitrogens with zero attached hydrogens (tertiary/aromatic N) is 6. The minimum atomic E-state index is 0.621. The summed E-state index contributed by atoms with van der Waals surface area (Å²) in [5.41, 5.74) is 12.1. The fourth-order valence-corrected chi connectivity index (χ4v) is 8.27. The van der Waals surface area contributed by atoms with Gasteiger partial charge in [0, 0.05) is 49.6 Å². The molecule has 0 aliphatic carbocycles. The molecule has 0 bridgehead atoms. The number of aromatic nitrogens is 5. The van der Waals surface area contributed by atoms with Crippen molar-refractivity contribution >= 4 is 43.6 Å². The van der Waals surface area contributed by atoms with Gasteiger partial charge in [-0.25, -0.2) is 15.0 Å². The van der Waals surface area contributed by atoms with Gasteiger partial charge >= 0.3 is 0 Å². The zero-order chi connectivity index (χ0) is 38.6. The highest BCUT2D eigenvalue weighted by Gasteiger charge is 2.18. The molecule has 0 atom stereocenters. The number of fused-ring (bicyclic) bond motifs is 6. The maximum atomic E-state index is 9.51. The summed E-state index contributed by atoms with van der Waals surface area (Å²) in [6.45, 7) is 0. The number of benzene rings is 8. The fraction of sp³-hybridized carbons (Fsp3) is 0. The van der Waals surface area contributed by atoms with Gasteiger partial charge in [0.25, 0.3) is 0 Å². The summed E-state index contributed by atoms with van der Waals surface area (Å²) < 4.78 is 4.68. The Bertz CT molecular complexity index is 3330. The van der Waals surface area contributed by atoms with Crippen molar-refractivity contribution in [3.05, 3.63) is 200 Å². The number of hydrogen-bond acceptors (Lipinski definition) is 4. The van der Waals surface area contributed by atoms with Crippen LogP contribution >= 0.6 is 0 Å². The van der Waals surface area contributed by atoms with Crippen molar-refractivity contribution in [2.45, 2.75) is 0 Å². The number of nitriles is 1. The molecule has 0 aliphatic heterocycles. The fourth-order valence-electron chi connectivity index (χ4n) is 8.27. The van der Waals surface area contributed by atoms with Crippen molar-refractivity contribution in [1.82, 2.24) is 24.1 Å². The Balaban J connectivity index is 1.08. The zero-order valence-corrected chi connectivity index (χ0v) is 31.2. The first kappa shape index (κ1) is 33.2. The Hall–Kier alpha value is -8.14. The molecule has 0 radical (unpaired) electrons. The largest absolute Gasteiger partial charge is 0.309 e. The van der Waals surface area contributed by atoms with E-state index in [-0.39, 0.29) is 0 Å². The van der Waals surface area contributed by atoms with Gasteiger partial charge in [0.2, 0.25) is 0 Å². The Morgan fingerprint density at radius 2 is 0.776 bits per heavy atom.